The molecule has 6 heteroatoms. The maximum Gasteiger partial charge on any atom is 0.257 e. The van der Waals surface area contributed by atoms with Gasteiger partial charge in [0.25, 0.3) is 5.91 Å². The summed E-state index contributed by atoms with van der Waals surface area (Å²) in [6.07, 6.45) is 1.81. The van der Waals surface area contributed by atoms with Crippen molar-refractivity contribution in [1.29, 1.82) is 0 Å². The number of thiazole rings is 1. The number of nitrogens with one attached hydrogen (secondary N) is 1. The van der Waals surface area contributed by atoms with Gasteiger partial charge in [0.2, 0.25) is 0 Å². The first-order valence-electron chi connectivity index (χ1n) is 6.16. The van der Waals surface area contributed by atoms with Crippen LogP contribution in [-0.4, -0.2) is 10.9 Å². The molecule has 108 valence electrons. The van der Waals surface area contributed by atoms with Crippen LogP contribution in [0.3, 0.4) is 0 Å². The van der Waals surface area contributed by atoms with Gasteiger partial charge in [-0.25, -0.2) is 4.98 Å². The molecular formula is C14H18ClN3OS. The molecule has 3 N–H and O–H groups in total. The van der Waals surface area contributed by atoms with Crippen LogP contribution >= 0.6 is 23.7 Å². The average Bonchev–Trinajstić information content (AvgIpc) is 2.87. The molecule has 1 amide bonds. The van der Waals surface area contributed by atoms with Crippen LogP contribution < -0.4 is 11.1 Å². The fourth-order valence-electron chi connectivity index (χ4n) is 1.57. The molecule has 1 aromatic heterocycles. The smallest absolute Gasteiger partial charge is 0.257 e. The third kappa shape index (κ3) is 4.03. The summed E-state index contributed by atoms with van der Waals surface area (Å²) in [6.45, 7) is 4.68. The van der Waals surface area contributed by atoms with Crippen molar-refractivity contribution in [3.63, 3.8) is 0 Å². The minimum atomic E-state index is -0.145. The van der Waals surface area contributed by atoms with E-state index in [9.17, 15) is 4.79 Å². The lowest BCUT2D eigenvalue weighted by Crippen LogP contribution is -2.11. The Morgan fingerprint density at radius 2 is 2.00 bits per heavy atom. The Balaban J connectivity index is 0.00000200. The molecule has 0 spiro atoms. The molecule has 1 aromatic carbocycles. The Labute approximate surface area is 128 Å². The van der Waals surface area contributed by atoms with Crippen molar-refractivity contribution in [1.82, 2.24) is 4.98 Å². The number of carbonyl (C=O) groups excluding carboxylic acids is 1. The number of halogens is 1. The van der Waals surface area contributed by atoms with Crippen LogP contribution in [0.15, 0.2) is 30.5 Å². The fourth-order valence-corrected chi connectivity index (χ4v) is 2.39. The van der Waals surface area contributed by atoms with Gasteiger partial charge in [-0.2, -0.15) is 0 Å². The SMILES string of the molecule is CC(C)c1cnc(NC(=O)c2ccc(CN)cc2)s1.Cl. The number of rotatable bonds is 4. The average molecular weight is 312 g/mol. The van der Waals surface area contributed by atoms with Gasteiger partial charge >= 0.3 is 0 Å². The van der Waals surface area contributed by atoms with Gasteiger partial charge in [0, 0.05) is 23.2 Å². The molecule has 2 aromatic rings. The first kappa shape index (κ1) is 16.6. The van der Waals surface area contributed by atoms with Crippen molar-refractivity contribution < 1.29 is 4.79 Å². The highest BCUT2D eigenvalue weighted by Gasteiger charge is 2.10. The Bertz CT molecular complexity index is 566. The van der Waals surface area contributed by atoms with E-state index < -0.39 is 0 Å². The molecule has 0 atom stereocenters. The minimum absolute atomic E-state index is 0. The van der Waals surface area contributed by atoms with Crippen LogP contribution in [0.25, 0.3) is 0 Å². The molecule has 0 aliphatic carbocycles. The third-order valence-electron chi connectivity index (χ3n) is 2.76. The van der Waals surface area contributed by atoms with Gasteiger partial charge in [-0.1, -0.05) is 26.0 Å². The van der Waals surface area contributed by atoms with Gasteiger partial charge in [0.05, 0.1) is 0 Å². The second kappa shape index (κ2) is 7.38. The molecule has 0 radical (unpaired) electrons. The molecule has 0 unspecified atom stereocenters. The second-order valence-corrected chi connectivity index (χ2v) is 5.64. The molecule has 1 heterocycles. The first-order valence-corrected chi connectivity index (χ1v) is 6.98. The zero-order chi connectivity index (χ0) is 13.8. The molecular weight excluding hydrogens is 294 g/mol. The molecule has 0 bridgehead atoms. The predicted octanol–water partition coefficient (Wildman–Crippen LogP) is 3.40. The van der Waals surface area contributed by atoms with E-state index in [0.29, 0.717) is 23.2 Å². The third-order valence-corrected chi connectivity index (χ3v) is 3.98. The number of nitrogens with two attached hydrogens (primary N) is 1. The lowest BCUT2D eigenvalue weighted by atomic mass is 10.1. The van der Waals surface area contributed by atoms with Gasteiger partial charge < -0.3 is 5.73 Å². The van der Waals surface area contributed by atoms with E-state index >= 15 is 0 Å². The minimum Gasteiger partial charge on any atom is -0.326 e. The summed E-state index contributed by atoms with van der Waals surface area (Å²) in [6, 6.07) is 7.26. The van der Waals surface area contributed by atoms with Crippen LogP contribution in [0, 0.1) is 0 Å². The highest BCUT2D eigenvalue weighted by atomic mass is 35.5. The molecule has 4 nitrogen and oxygen atoms in total. The van der Waals surface area contributed by atoms with E-state index in [2.05, 4.69) is 24.1 Å². The summed E-state index contributed by atoms with van der Waals surface area (Å²) < 4.78 is 0. The molecule has 0 fully saturated rings. The quantitative estimate of drug-likeness (QED) is 0.909. The highest BCUT2D eigenvalue weighted by Crippen LogP contribution is 2.25. The maximum atomic E-state index is 12.0. The number of nitrogens with zero attached hydrogens (tertiary/aromatic N) is 1. The standard InChI is InChI=1S/C14H17N3OS.ClH/c1-9(2)12-8-16-14(19-12)17-13(18)11-5-3-10(7-15)4-6-11;/h3-6,8-9H,7,15H2,1-2H3,(H,16,17,18);1H. The first-order chi connectivity index (χ1) is 9.10. The van der Waals surface area contributed by atoms with Crippen LogP contribution in [0.4, 0.5) is 5.13 Å². The van der Waals surface area contributed by atoms with E-state index in [1.165, 1.54) is 11.3 Å². The zero-order valence-corrected chi connectivity index (χ0v) is 13.1. The Hall–Kier alpha value is -1.43. The van der Waals surface area contributed by atoms with E-state index in [0.717, 1.165) is 10.4 Å². The Kier molecular flexibility index (Phi) is 6.13. The van der Waals surface area contributed by atoms with Crippen LogP contribution in [0.1, 0.15) is 40.6 Å². The Morgan fingerprint density at radius 3 is 2.50 bits per heavy atom. The van der Waals surface area contributed by atoms with E-state index in [1.54, 1.807) is 12.1 Å². The molecule has 0 saturated carbocycles. The van der Waals surface area contributed by atoms with Gasteiger partial charge in [-0.15, -0.1) is 23.7 Å². The summed E-state index contributed by atoms with van der Waals surface area (Å²) in [5.74, 6) is 0.278. The van der Waals surface area contributed by atoms with E-state index in [-0.39, 0.29) is 18.3 Å². The molecule has 2 rings (SSSR count). The number of carbonyl (C=O) groups is 1. The highest BCUT2D eigenvalue weighted by molar-refractivity contribution is 7.15. The van der Waals surface area contributed by atoms with E-state index in [4.69, 9.17) is 5.73 Å². The summed E-state index contributed by atoms with van der Waals surface area (Å²) in [7, 11) is 0. The summed E-state index contributed by atoms with van der Waals surface area (Å²) in [5, 5.41) is 3.44. The van der Waals surface area contributed by atoms with Crippen LogP contribution in [0.5, 0.6) is 0 Å². The van der Waals surface area contributed by atoms with Gasteiger partial charge in [-0.3, -0.25) is 10.1 Å². The monoisotopic (exact) mass is 311 g/mol. The zero-order valence-electron chi connectivity index (χ0n) is 11.4. The number of benzene rings is 1. The normalized spacial score (nSPS) is 10.2. The number of amides is 1. The number of hydrogen-bond acceptors (Lipinski definition) is 4. The van der Waals surface area contributed by atoms with Crippen molar-refractivity contribution >= 4 is 34.8 Å². The number of hydrogen-bond donors (Lipinski definition) is 2. The Morgan fingerprint density at radius 1 is 1.35 bits per heavy atom. The van der Waals surface area contributed by atoms with E-state index in [1.807, 2.05) is 18.3 Å². The molecule has 0 aliphatic rings. The van der Waals surface area contributed by atoms with Crippen LogP contribution in [-0.2, 0) is 6.54 Å². The summed E-state index contributed by atoms with van der Waals surface area (Å²) >= 11 is 1.51. The van der Waals surface area contributed by atoms with Crippen LogP contribution in [0.2, 0.25) is 0 Å². The van der Waals surface area contributed by atoms with Crippen molar-refractivity contribution in [3.05, 3.63) is 46.5 Å². The topological polar surface area (TPSA) is 68.0 Å². The van der Waals surface area contributed by atoms with Gasteiger partial charge in [0.1, 0.15) is 0 Å². The van der Waals surface area contributed by atoms with Crippen molar-refractivity contribution in [2.24, 2.45) is 5.73 Å². The van der Waals surface area contributed by atoms with Crippen molar-refractivity contribution in [2.45, 2.75) is 26.3 Å². The largest absolute Gasteiger partial charge is 0.326 e. The summed E-state index contributed by atoms with van der Waals surface area (Å²) in [4.78, 5) is 17.4. The molecule has 0 saturated heterocycles. The van der Waals surface area contributed by atoms with Crippen molar-refractivity contribution in [3.8, 4) is 0 Å². The number of anilines is 1. The lowest BCUT2D eigenvalue weighted by molar-refractivity contribution is 0.102. The number of aromatic nitrogens is 1. The predicted molar refractivity (Wildman–Crippen MR) is 85.7 cm³/mol. The maximum absolute atomic E-state index is 12.0. The second-order valence-electron chi connectivity index (χ2n) is 4.58. The van der Waals surface area contributed by atoms with Gasteiger partial charge in [-0.05, 0) is 23.6 Å². The lowest BCUT2D eigenvalue weighted by Gasteiger charge is -2.03. The molecule has 20 heavy (non-hydrogen) atoms. The van der Waals surface area contributed by atoms with Crippen molar-refractivity contribution in [2.75, 3.05) is 5.32 Å². The van der Waals surface area contributed by atoms with Gasteiger partial charge in [0.15, 0.2) is 5.13 Å². The molecule has 0 aliphatic heterocycles. The fraction of sp³-hybridized carbons (Fsp3) is 0.286. The summed E-state index contributed by atoms with van der Waals surface area (Å²) in [5.41, 5.74) is 7.14.